The van der Waals surface area contributed by atoms with Gasteiger partial charge in [-0.2, -0.15) is 0 Å². The molecule has 3 rings (SSSR count). The predicted octanol–water partition coefficient (Wildman–Crippen LogP) is 4.19. The standard InChI is InChI=1S/C23H28N4O4S/c1-5-16-7-9-17(10-8-16)31-14-21-25-26-23(27(21)6-2)32-15-22(28)24-19-12-11-18(29-3)13-20(19)30-4/h7-13H,5-6,14-15H2,1-4H3,(H,24,28). The molecular weight excluding hydrogens is 428 g/mol. The Morgan fingerprint density at radius 2 is 1.78 bits per heavy atom. The number of carbonyl (C=O) groups excluding carboxylic acids is 1. The zero-order valence-electron chi connectivity index (χ0n) is 18.8. The zero-order chi connectivity index (χ0) is 22.9. The molecule has 32 heavy (non-hydrogen) atoms. The van der Waals surface area contributed by atoms with Crippen molar-refractivity contribution in [1.29, 1.82) is 0 Å². The van der Waals surface area contributed by atoms with Gasteiger partial charge < -0.3 is 24.1 Å². The number of hydrogen-bond donors (Lipinski definition) is 1. The highest BCUT2D eigenvalue weighted by Gasteiger charge is 2.15. The zero-order valence-corrected chi connectivity index (χ0v) is 19.6. The molecule has 0 aliphatic heterocycles. The van der Waals surface area contributed by atoms with Crippen molar-refractivity contribution in [1.82, 2.24) is 14.8 Å². The summed E-state index contributed by atoms with van der Waals surface area (Å²) in [6.07, 6.45) is 0.990. The van der Waals surface area contributed by atoms with Crippen molar-refractivity contribution in [3.05, 3.63) is 53.9 Å². The highest BCUT2D eigenvalue weighted by Crippen LogP contribution is 2.29. The van der Waals surface area contributed by atoms with Gasteiger partial charge in [-0.1, -0.05) is 30.8 Å². The average molecular weight is 457 g/mol. The van der Waals surface area contributed by atoms with E-state index < -0.39 is 0 Å². The molecule has 170 valence electrons. The number of rotatable bonds is 11. The number of hydrogen-bond acceptors (Lipinski definition) is 7. The highest BCUT2D eigenvalue weighted by molar-refractivity contribution is 7.99. The van der Waals surface area contributed by atoms with E-state index in [1.54, 1.807) is 32.4 Å². The van der Waals surface area contributed by atoms with Gasteiger partial charge in [0.05, 0.1) is 25.7 Å². The Hall–Kier alpha value is -3.20. The van der Waals surface area contributed by atoms with Gasteiger partial charge in [0.1, 0.15) is 23.9 Å². The van der Waals surface area contributed by atoms with Crippen LogP contribution in [0.4, 0.5) is 5.69 Å². The fourth-order valence-corrected chi connectivity index (χ4v) is 3.86. The molecule has 0 spiro atoms. The van der Waals surface area contributed by atoms with Crippen molar-refractivity contribution in [2.45, 2.75) is 38.6 Å². The smallest absolute Gasteiger partial charge is 0.234 e. The molecule has 0 aliphatic carbocycles. The van der Waals surface area contributed by atoms with Gasteiger partial charge in [-0.3, -0.25) is 4.79 Å². The summed E-state index contributed by atoms with van der Waals surface area (Å²) in [6, 6.07) is 13.3. The van der Waals surface area contributed by atoms with E-state index in [9.17, 15) is 4.79 Å². The van der Waals surface area contributed by atoms with E-state index in [0.717, 1.165) is 12.2 Å². The molecule has 1 heterocycles. The highest BCUT2D eigenvalue weighted by atomic mass is 32.2. The SMILES string of the molecule is CCc1ccc(OCc2nnc(SCC(=O)Nc3ccc(OC)cc3OC)n2CC)cc1. The number of aromatic nitrogens is 3. The summed E-state index contributed by atoms with van der Waals surface area (Å²) in [7, 11) is 3.12. The molecule has 1 aromatic heterocycles. The summed E-state index contributed by atoms with van der Waals surface area (Å²) in [4.78, 5) is 12.5. The molecule has 0 atom stereocenters. The lowest BCUT2D eigenvalue weighted by molar-refractivity contribution is -0.113. The van der Waals surface area contributed by atoms with Crippen LogP contribution in [0.2, 0.25) is 0 Å². The van der Waals surface area contributed by atoms with E-state index in [2.05, 4.69) is 34.6 Å². The van der Waals surface area contributed by atoms with Gasteiger partial charge in [0, 0.05) is 12.6 Å². The van der Waals surface area contributed by atoms with Gasteiger partial charge in [-0.15, -0.1) is 10.2 Å². The Morgan fingerprint density at radius 1 is 1.03 bits per heavy atom. The first kappa shape index (κ1) is 23.5. The molecule has 2 aromatic carbocycles. The van der Waals surface area contributed by atoms with Crippen LogP contribution >= 0.6 is 11.8 Å². The maximum atomic E-state index is 12.5. The third-order valence-corrected chi connectivity index (χ3v) is 5.79. The first-order valence-corrected chi connectivity index (χ1v) is 11.3. The molecule has 9 heteroatoms. The van der Waals surface area contributed by atoms with Crippen LogP contribution in [-0.2, 0) is 24.4 Å². The maximum Gasteiger partial charge on any atom is 0.234 e. The van der Waals surface area contributed by atoms with Crippen LogP contribution in [0.1, 0.15) is 25.2 Å². The number of nitrogens with zero attached hydrogens (tertiary/aromatic N) is 3. The first-order chi connectivity index (χ1) is 15.6. The number of carbonyl (C=O) groups is 1. The number of aryl methyl sites for hydroxylation is 1. The van der Waals surface area contributed by atoms with Gasteiger partial charge in [0.25, 0.3) is 0 Å². The van der Waals surface area contributed by atoms with Gasteiger partial charge >= 0.3 is 0 Å². The molecule has 1 amide bonds. The van der Waals surface area contributed by atoms with Crippen molar-refractivity contribution >= 4 is 23.4 Å². The lowest BCUT2D eigenvalue weighted by Gasteiger charge is -2.12. The summed E-state index contributed by atoms with van der Waals surface area (Å²) in [5, 5.41) is 12.0. The Bertz CT molecular complexity index is 1040. The number of benzene rings is 2. The second kappa shape index (κ2) is 11.4. The molecular formula is C23H28N4O4S. The van der Waals surface area contributed by atoms with Crippen LogP contribution in [-0.4, -0.2) is 40.6 Å². The van der Waals surface area contributed by atoms with E-state index in [1.165, 1.54) is 17.3 Å². The summed E-state index contributed by atoms with van der Waals surface area (Å²) in [5.41, 5.74) is 1.84. The molecule has 0 unspecified atom stereocenters. The Kier molecular flexibility index (Phi) is 8.38. The largest absolute Gasteiger partial charge is 0.497 e. The number of ether oxygens (including phenoxy) is 3. The van der Waals surface area contributed by atoms with E-state index in [4.69, 9.17) is 14.2 Å². The van der Waals surface area contributed by atoms with E-state index >= 15 is 0 Å². The van der Waals surface area contributed by atoms with Crippen LogP contribution < -0.4 is 19.5 Å². The quantitative estimate of drug-likeness (QED) is 0.433. The summed E-state index contributed by atoms with van der Waals surface area (Å²) in [5.74, 6) is 2.71. The average Bonchev–Trinajstić information content (AvgIpc) is 3.23. The topological polar surface area (TPSA) is 87.5 Å². The number of methoxy groups -OCH3 is 2. The van der Waals surface area contributed by atoms with E-state index in [1.807, 2.05) is 23.6 Å². The molecule has 3 aromatic rings. The van der Waals surface area contributed by atoms with Crippen LogP contribution in [0.5, 0.6) is 17.2 Å². The lowest BCUT2D eigenvalue weighted by atomic mass is 10.2. The minimum atomic E-state index is -0.169. The fourth-order valence-electron chi connectivity index (χ4n) is 3.04. The van der Waals surface area contributed by atoms with Crippen LogP contribution in [0, 0.1) is 0 Å². The Morgan fingerprint density at radius 3 is 2.44 bits per heavy atom. The van der Waals surface area contributed by atoms with E-state index in [-0.39, 0.29) is 11.7 Å². The van der Waals surface area contributed by atoms with Crippen LogP contribution in [0.3, 0.4) is 0 Å². The molecule has 0 saturated carbocycles. The van der Waals surface area contributed by atoms with Crippen molar-refractivity contribution in [2.24, 2.45) is 0 Å². The van der Waals surface area contributed by atoms with Crippen molar-refractivity contribution in [2.75, 3.05) is 25.3 Å². The fraction of sp³-hybridized carbons (Fsp3) is 0.348. The monoisotopic (exact) mass is 456 g/mol. The molecule has 0 fully saturated rings. The normalized spacial score (nSPS) is 10.6. The molecule has 0 saturated heterocycles. The Labute approximate surface area is 192 Å². The predicted molar refractivity (Wildman–Crippen MR) is 125 cm³/mol. The van der Waals surface area contributed by atoms with Crippen LogP contribution in [0.25, 0.3) is 0 Å². The Balaban J connectivity index is 1.58. The molecule has 0 bridgehead atoms. The first-order valence-electron chi connectivity index (χ1n) is 10.4. The van der Waals surface area contributed by atoms with E-state index in [0.29, 0.717) is 41.3 Å². The van der Waals surface area contributed by atoms with Crippen molar-refractivity contribution in [3.63, 3.8) is 0 Å². The summed E-state index contributed by atoms with van der Waals surface area (Å²) in [6.45, 7) is 5.11. The van der Waals surface area contributed by atoms with Crippen molar-refractivity contribution in [3.8, 4) is 17.2 Å². The second-order valence-electron chi connectivity index (χ2n) is 6.83. The number of anilines is 1. The van der Waals surface area contributed by atoms with Crippen LogP contribution in [0.15, 0.2) is 47.6 Å². The van der Waals surface area contributed by atoms with Gasteiger partial charge in [-0.25, -0.2) is 0 Å². The number of thioether (sulfide) groups is 1. The van der Waals surface area contributed by atoms with Crippen molar-refractivity contribution < 1.29 is 19.0 Å². The second-order valence-corrected chi connectivity index (χ2v) is 7.77. The molecule has 8 nitrogen and oxygen atoms in total. The number of nitrogens with one attached hydrogen (secondary N) is 1. The van der Waals surface area contributed by atoms with Gasteiger partial charge in [-0.05, 0) is 43.2 Å². The van der Waals surface area contributed by atoms with Gasteiger partial charge in [0.15, 0.2) is 11.0 Å². The number of amides is 1. The summed E-state index contributed by atoms with van der Waals surface area (Å²) < 4.78 is 18.3. The maximum absolute atomic E-state index is 12.5. The molecule has 0 aliphatic rings. The third-order valence-electron chi connectivity index (χ3n) is 4.82. The molecule has 0 radical (unpaired) electrons. The third kappa shape index (κ3) is 5.94. The minimum Gasteiger partial charge on any atom is -0.497 e. The summed E-state index contributed by atoms with van der Waals surface area (Å²) >= 11 is 1.32. The molecule has 1 N–H and O–H groups in total. The van der Waals surface area contributed by atoms with Gasteiger partial charge in [0.2, 0.25) is 5.91 Å². The minimum absolute atomic E-state index is 0.169. The lowest BCUT2D eigenvalue weighted by Crippen LogP contribution is -2.15.